The molecule has 136 valence electrons. The summed E-state index contributed by atoms with van der Waals surface area (Å²) in [6.07, 6.45) is 2.07. The summed E-state index contributed by atoms with van der Waals surface area (Å²) in [6, 6.07) is 11.4. The van der Waals surface area contributed by atoms with Gasteiger partial charge in [0.1, 0.15) is 11.5 Å². The number of amides is 2. The third-order valence-corrected chi connectivity index (χ3v) is 4.61. The first-order chi connectivity index (χ1) is 12.5. The van der Waals surface area contributed by atoms with Crippen LogP contribution in [0.3, 0.4) is 0 Å². The van der Waals surface area contributed by atoms with Gasteiger partial charge in [-0.15, -0.1) is 0 Å². The molecule has 2 amide bonds. The second-order valence-electron chi connectivity index (χ2n) is 6.02. The number of carbonyl (C=O) groups excluding carboxylic acids is 2. The molecule has 1 aliphatic heterocycles. The van der Waals surface area contributed by atoms with Crippen molar-refractivity contribution in [2.45, 2.75) is 12.8 Å². The third-order valence-electron chi connectivity index (χ3n) is 4.12. The molecule has 0 aromatic heterocycles. The van der Waals surface area contributed by atoms with Crippen LogP contribution in [-0.4, -0.2) is 41.5 Å². The van der Waals surface area contributed by atoms with Gasteiger partial charge in [-0.25, -0.2) is 0 Å². The fourth-order valence-corrected chi connectivity index (χ4v) is 3.12. The summed E-state index contributed by atoms with van der Waals surface area (Å²) < 4.78 is 6.24. The van der Waals surface area contributed by atoms with Gasteiger partial charge in [0.15, 0.2) is 6.61 Å². The lowest BCUT2D eigenvalue weighted by Gasteiger charge is -2.16. The zero-order valence-corrected chi connectivity index (χ0v) is 15.7. The zero-order valence-electron chi connectivity index (χ0n) is 14.1. The second-order valence-corrected chi connectivity index (χ2v) is 6.94. The standard InChI is InChI=1S/C19H19BrN2O4/c20-13-6-7-17(23)16(10-13)19(25)21-14-4-3-5-15(11-14)26-12-18(24)22-8-1-2-9-22/h3-7,10-11,23H,1-2,8-9,12H2,(H,21,25). The largest absolute Gasteiger partial charge is 0.507 e. The number of rotatable bonds is 5. The Balaban J connectivity index is 1.62. The van der Waals surface area contributed by atoms with E-state index in [1.807, 2.05) is 0 Å². The van der Waals surface area contributed by atoms with E-state index in [1.165, 1.54) is 6.07 Å². The minimum atomic E-state index is -0.436. The van der Waals surface area contributed by atoms with Crippen LogP contribution in [0.5, 0.6) is 11.5 Å². The Kier molecular flexibility index (Phi) is 5.78. The van der Waals surface area contributed by atoms with Crippen molar-refractivity contribution in [3.05, 3.63) is 52.5 Å². The number of benzene rings is 2. The Hall–Kier alpha value is -2.54. The van der Waals surface area contributed by atoms with E-state index in [9.17, 15) is 14.7 Å². The van der Waals surface area contributed by atoms with Gasteiger partial charge in [-0.2, -0.15) is 0 Å². The number of hydrogen-bond acceptors (Lipinski definition) is 4. The first-order valence-electron chi connectivity index (χ1n) is 8.33. The Bertz CT molecular complexity index is 819. The van der Waals surface area contributed by atoms with E-state index in [1.54, 1.807) is 41.3 Å². The first kappa shape index (κ1) is 18.3. The Morgan fingerprint density at radius 2 is 1.92 bits per heavy atom. The molecule has 0 atom stereocenters. The van der Waals surface area contributed by atoms with Crippen LogP contribution < -0.4 is 10.1 Å². The van der Waals surface area contributed by atoms with E-state index < -0.39 is 5.91 Å². The number of carbonyl (C=O) groups is 2. The summed E-state index contributed by atoms with van der Waals surface area (Å²) in [5.74, 6) is -0.0757. The molecule has 0 saturated carbocycles. The fourth-order valence-electron chi connectivity index (χ4n) is 2.76. The van der Waals surface area contributed by atoms with Crippen molar-refractivity contribution in [2.75, 3.05) is 25.0 Å². The van der Waals surface area contributed by atoms with E-state index >= 15 is 0 Å². The van der Waals surface area contributed by atoms with Crippen LogP contribution >= 0.6 is 15.9 Å². The molecule has 1 heterocycles. The molecule has 1 saturated heterocycles. The van der Waals surface area contributed by atoms with Gasteiger partial charge in [-0.05, 0) is 43.2 Å². The lowest BCUT2D eigenvalue weighted by molar-refractivity contribution is -0.132. The molecule has 3 rings (SSSR count). The Morgan fingerprint density at radius 1 is 1.15 bits per heavy atom. The molecular weight excluding hydrogens is 400 g/mol. The molecule has 7 heteroatoms. The molecule has 0 unspecified atom stereocenters. The van der Waals surface area contributed by atoms with Gasteiger partial charge in [0, 0.05) is 29.3 Å². The van der Waals surface area contributed by atoms with Gasteiger partial charge in [-0.3, -0.25) is 9.59 Å². The highest BCUT2D eigenvalue weighted by molar-refractivity contribution is 9.10. The molecule has 2 N–H and O–H groups in total. The van der Waals surface area contributed by atoms with Gasteiger partial charge < -0.3 is 20.1 Å². The van der Waals surface area contributed by atoms with Crippen molar-refractivity contribution >= 4 is 33.4 Å². The highest BCUT2D eigenvalue weighted by Crippen LogP contribution is 2.24. The fraction of sp³-hybridized carbons (Fsp3) is 0.263. The number of anilines is 1. The maximum Gasteiger partial charge on any atom is 0.260 e. The van der Waals surface area contributed by atoms with E-state index in [0.29, 0.717) is 15.9 Å². The predicted molar refractivity (Wildman–Crippen MR) is 102 cm³/mol. The van der Waals surface area contributed by atoms with Crippen molar-refractivity contribution in [2.24, 2.45) is 0 Å². The number of nitrogens with one attached hydrogen (secondary N) is 1. The molecule has 2 aromatic rings. The number of nitrogens with zero attached hydrogens (tertiary/aromatic N) is 1. The molecule has 0 bridgehead atoms. The topological polar surface area (TPSA) is 78.9 Å². The molecule has 2 aromatic carbocycles. The quantitative estimate of drug-likeness (QED) is 0.779. The maximum absolute atomic E-state index is 12.3. The van der Waals surface area contributed by atoms with Crippen LogP contribution in [0, 0.1) is 0 Å². The number of phenols is 1. The summed E-state index contributed by atoms with van der Waals surface area (Å²) >= 11 is 3.28. The van der Waals surface area contributed by atoms with Crippen LogP contribution in [0.25, 0.3) is 0 Å². The maximum atomic E-state index is 12.3. The Morgan fingerprint density at radius 3 is 2.69 bits per heavy atom. The number of hydrogen-bond donors (Lipinski definition) is 2. The van der Waals surface area contributed by atoms with Crippen LogP contribution in [0.15, 0.2) is 46.9 Å². The second kappa shape index (κ2) is 8.23. The summed E-state index contributed by atoms with van der Waals surface area (Å²) in [5, 5.41) is 12.6. The number of aromatic hydroxyl groups is 1. The average Bonchev–Trinajstić information content (AvgIpc) is 3.17. The van der Waals surface area contributed by atoms with E-state index in [0.717, 1.165) is 25.9 Å². The van der Waals surface area contributed by atoms with Gasteiger partial charge in [-0.1, -0.05) is 22.0 Å². The molecule has 26 heavy (non-hydrogen) atoms. The third kappa shape index (κ3) is 4.54. The molecule has 0 aliphatic carbocycles. The van der Waals surface area contributed by atoms with Crippen LogP contribution in [0.4, 0.5) is 5.69 Å². The molecule has 0 radical (unpaired) electrons. The number of ether oxygens (including phenoxy) is 1. The number of halogens is 1. The first-order valence-corrected chi connectivity index (χ1v) is 9.13. The smallest absolute Gasteiger partial charge is 0.260 e. The van der Waals surface area contributed by atoms with Crippen molar-refractivity contribution in [3.63, 3.8) is 0 Å². The van der Waals surface area contributed by atoms with E-state index in [2.05, 4.69) is 21.2 Å². The lowest BCUT2D eigenvalue weighted by Crippen LogP contribution is -2.32. The zero-order chi connectivity index (χ0) is 18.5. The van der Waals surface area contributed by atoms with Crippen molar-refractivity contribution < 1.29 is 19.4 Å². The van der Waals surface area contributed by atoms with Crippen molar-refractivity contribution in [3.8, 4) is 11.5 Å². The summed E-state index contributed by atoms with van der Waals surface area (Å²) in [7, 11) is 0. The minimum Gasteiger partial charge on any atom is -0.507 e. The summed E-state index contributed by atoms with van der Waals surface area (Å²) in [6.45, 7) is 1.55. The lowest BCUT2D eigenvalue weighted by atomic mass is 10.2. The van der Waals surface area contributed by atoms with Crippen molar-refractivity contribution in [1.82, 2.24) is 4.90 Å². The molecular formula is C19H19BrN2O4. The van der Waals surface area contributed by atoms with Gasteiger partial charge in [0.25, 0.3) is 11.8 Å². The van der Waals surface area contributed by atoms with Gasteiger partial charge >= 0.3 is 0 Å². The molecule has 6 nitrogen and oxygen atoms in total. The average molecular weight is 419 g/mol. The molecule has 0 spiro atoms. The van der Waals surface area contributed by atoms with Crippen LogP contribution in [0.2, 0.25) is 0 Å². The SMILES string of the molecule is O=C(Nc1cccc(OCC(=O)N2CCCC2)c1)c1cc(Br)ccc1O. The van der Waals surface area contributed by atoms with Crippen LogP contribution in [-0.2, 0) is 4.79 Å². The van der Waals surface area contributed by atoms with Crippen molar-refractivity contribution in [1.29, 1.82) is 0 Å². The monoisotopic (exact) mass is 418 g/mol. The van der Waals surface area contributed by atoms with E-state index in [4.69, 9.17) is 4.74 Å². The summed E-state index contributed by atoms with van der Waals surface area (Å²) in [5.41, 5.74) is 0.676. The highest BCUT2D eigenvalue weighted by Gasteiger charge is 2.18. The number of likely N-dealkylation sites (tertiary alicyclic amines) is 1. The van der Waals surface area contributed by atoms with E-state index in [-0.39, 0.29) is 23.8 Å². The minimum absolute atomic E-state index is 0.0240. The Labute approximate surface area is 159 Å². The van der Waals surface area contributed by atoms with Gasteiger partial charge in [0.2, 0.25) is 0 Å². The molecule has 1 aliphatic rings. The summed E-state index contributed by atoms with van der Waals surface area (Å²) in [4.78, 5) is 26.2. The normalized spacial score (nSPS) is 13.5. The number of phenolic OH excluding ortho intramolecular Hbond substituents is 1. The highest BCUT2D eigenvalue weighted by atomic mass is 79.9. The van der Waals surface area contributed by atoms with Gasteiger partial charge in [0.05, 0.1) is 5.56 Å². The van der Waals surface area contributed by atoms with Crippen LogP contribution in [0.1, 0.15) is 23.2 Å². The molecule has 1 fully saturated rings. The predicted octanol–water partition coefficient (Wildman–Crippen LogP) is 3.41.